The molecule has 0 saturated carbocycles. The zero-order valence-corrected chi connectivity index (χ0v) is 13.1. The summed E-state index contributed by atoms with van der Waals surface area (Å²) in [5.41, 5.74) is 5.71. The van der Waals surface area contributed by atoms with Crippen LogP contribution in [0.5, 0.6) is 0 Å². The van der Waals surface area contributed by atoms with E-state index in [1.807, 2.05) is 5.51 Å². The summed E-state index contributed by atoms with van der Waals surface area (Å²) in [6.07, 6.45) is 1.00. The van der Waals surface area contributed by atoms with Gasteiger partial charge in [0.1, 0.15) is 0 Å². The van der Waals surface area contributed by atoms with Crippen molar-refractivity contribution >= 4 is 17.0 Å². The summed E-state index contributed by atoms with van der Waals surface area (Å²) < 4.78 is 0. The number of benzene rings is 1. The Balaban J connectivity index is 1.76. The molecule has 0 aliphatic heterocycles. The minimum Gasteiger partial charge on any atom is -0.372 e. The first-order valence-corrected chi connectivity index (χ1v) is 8.19. The molecule has 0 amide bonds. The summed E-state index contributed by atoms with van der Waals surface area (Å²) in [6.45, 7) is 8.39. The Bertz CT molecular complexity index is 475. The maximum atomic E-state index is 4.28. The molecule has 0 atom stereocenters. The van der Waals surface area contributed by atoms with E-state index in [9.17, 15) is 0 Å². The monoisotopic (exact) mass is 289 g/mol. The number of anilines is 1. The van der Waals surface area contributed by atoms with E-state index in [2.05, 4.69) is 58.7 Å². The lowest BCUT2D eigenvalue weighted by atomic mass is 10.2. The van der Waals surface area contributed by atoms with Crippen LogP contribution in [0.3, 0.4) is 0 Å². The molecule has 0 radical (unpaired) electrons. The van der Waals surface area contributed by atoms with Gasteiger partial charge in [0.15, 0.2) is 0 Å². The zero-order chi connectivity index (χ0) is 14.2. The third-order valence-corrected chi connectivity index (χ3v) is 4.07. The van der Waals surface area contributed by atoms with E-state index in [-0.39, 0.29) is 0 Å². The van der Waals surface area contributed by atoms with Gasteiger partial charge in [-0.05, 0) is 31.5 Å². The van der Waals surface area contributed by atoms with Crippen molar-refractivity contribution in [3.8, 4) is 0 Å². The van der Waals surface area contributed by atoms with Gasteiger partial charge in [0, 0.05) is 43.7 Å². The molecule has 0 spiro atoms. The molecule has 0 aliphatic carbocycles. The van der Waals surface area contributed by atoms with Crippen molar-refractivity contribution in [2.75, 3.05) is 24.5 Å². The topological polar surface area (TPSA) is 28.2 Å². The van der Waals surface area contributed by atoms with Gasteiger partial charge in [0.05, 0.1) is 11.2 Å². The van der Waals surface area contributed by atoms with Crippen LogP contribution in [-0.2, 0) is 13.0 Å². The van der Waals surface area contributed by atoms with Crippen LogP contribution in [-0.4, -0.2) is 24.6 Å². The molecule has 1 aromatic heterocycles. The van der Waals surface area contributed by atoms with Crippen LogP contribution >= 0.6 is 11.3 Å². The van der Waals surface area contributed by atoms with Gasteiger partial charge in [-0.1, -0.05) is 12.1 Å². The Morgan fingerprint density at radius 1 is 1.15 bits per heavy atom. The minimum atomic E-state index is 0.919. The summed E-state index contributed by atoms with van der Waals surface area (Å²) in [5, 5.41) is 5.58. The molecule has 2 rings (SSSR count). The second-order valence-electron chi connectivity index (χ2n) is 4.75. The van der Waals surface area contributed by atoms with Crippen LogP contribution in [0, 0.1) is 0 Å². The molecule has 0 aliphatic rings. The summed E-state index contributed by atoms with van der Waals surface area (Å²) in [5.74, 6) is 0. The van der Waals surface area contributed by atoms with Crippen molar-refractivity contribution in [3.63, 3.8) is 0 Å². The van der Waals surface area contributed by atoms with Crippen LogP contribution in [0.25, 0.3) is 0 Å². The third-order valence-electron chi connectivity index (χ3n) is 3.44. The summed E-state index contributed by atoms with van der Waals surface area (Å²) in [4.78, 5) is 6.64. The number of nitrogens with one attached hydrogen (secondary N) is 1. The first kappa shape index (κ1) is 15.0. The van der Waals surface area contributed by atoms with Crippen LogP contribution < -0.4 is 10.2 Å². The van der Waals surface area contributed by atoms with E-state index in [0.717, 1.165) is 32.6 Å². The quantitative estimate of drug-likeness (QED) is 0.756. The number of nitrogens with zero attached hydrogens (tertiary/aromatic N) is 2. The fraction of sp³-hybridized carbons (Fsp3) is 0.438. The van der Waals surface area contributed by atoms with E-state index in [4.69, 9.17) is 0 Å². The van der Waals surface area contributed by atoms with Crippen LogP contribution in [0.2, 0.25) is 0 Å². The van der Waals surface area contributed by atoms with E-state index >= 15 is 0 Å². The lowest BCUT2D eigenvalue weighted by Gasteiger charge is -2.21. The van der Waals surface area contributed by atoms with Crippen molar-refractivity contribution in [1.29, 1.82) is 0 Å². The number of rotatable bonds is 8. The van der Waals surface area contributed by atoms with Gasteiger partial charge >= 0.3 is 0 Å². The third kappa shape index (κ3) is 4.32. The second-order valence-corrected chi connectivity index (χ2v) is 5.46. The Labute approximate surface area is 125 Å². The Morgan fingerprint density at radius 3 is 2.50 bits per heavy atom. The highest BCUT2D eigenvalue weighted by Crippen LogP contribution is 2.14. The van der Waals surface area contributed by atoms with Crippen molar-refractivity contribution in [2.45, 2.75) is 26.8 Å². The predicted octanol–water partition coefficient (Wildman–Crippen LogP) is 3.32. The van der Waals surface area contributed by atoms with Gasteiger partial charge in [-0.2, -0.15) is 0 Å². The molecule has 20 heavy (non-hydrogen) atoms. The molecule has 108 valence electrons. The van der Waals surface area contributed by atoms with Crippen molar-refractivity contribution in [3.05, 3.63) is 46.4 Å². The molecular formula is C16H23N3S. The van der Waals surface area contributed by atoms with E-state index in [1.165, 1.54) is 16.9 Å². The normalized spacial score (nSPS) is 10.7. The molecule has 0 saturated heterocycles. The van der Waals surface area contributed by atoms with Gasteiger partial charge < -0.3 is 10.2 Å². The first-order chi connectivity index (χ1) is 9.83. The second kappa shape index (κ2) is 8.02. The molecule has 0 fully saturated rings. The van der Waals surface area contributed by atoms with E-state index in [0.29, 0.717) is 0 Å². The first-order valence-electron chi connectivity index (χ1n) is 7.25. The highest BCUT2D eigenvalue weighted by Gasteiger charge is 2.01. The predicted molar refractivity (Wildman–Crippen MR) is 87.5 cm³/mol. The molecular weight excluding hydrogens is 266 g/mol. The molecule has 1 aromatic carbocycles. The van der Waals surface area contributed by atoms with Crippen LogP contribution in [0.1, 0.15) is 25.1 Å². The minimum absolute atomic E-state index is 0.919. The average molecular weight is 289 g/mol. The molecule has 1 N–H and O–H groups in total. The Morgan fingerprint density at radius 2 is 1.90 bits per heavy atom. The molecule has 2 aromatic rings. The maximum Gasteiger partial charge on any atom is 0.0794 e. The van der Waals surface area contributed by atoms with Crippen LogP contribution in [0.4, 0.5) is 5.69 Å². The largest absolute Gasteiger partial charge is 0.372 e. The molecule has 0 unspecified atom stereocenters. The Hall–Kier alpha value is -1.39. The summed E-state index contributed by atoms with van der Waals surface area (Å²) in [6, 6.07) is 8.85. The van der Waals surface area contributed by atoms with Gasteiger partial charge in [-0.15, -0.1) is 11.3 Å². The number of thiazole rings is 1. The maximum absolute atomic E-state index is 4.28. The Kier molecular flexibility index (Phi) is 6.02. The fourth-order valence-corrected chi connectivity index (χ4v) is 2.82. The lowest BCUT2D eigenvalue weighted by molar-refractivity contribution is 0.681. The average Bonchev–Trinajstić information content (AvgIpc) is 3.00. The fourth-order valence-electron chi connectivity index (χ4n) is 2.22. The highest BCUT2D eigenvalue weighted by molar-refractivity contribution is 7.07. The van der Waals surface area contributed by atoms with Gasteiger partial charge in [0.25, 0.3) is 0 Å². The number of hydrogen-bond donors (Lipinski definition) is 1. The number of aromatic nitrogens is 1. The van der Waals surface area contributed by atoms with Crippen molar-refractivity contribution < 1.29 is 0 Å². The van der Waals surface area contributed by atoms with E-state index in [1.54, 1.807) is 11.3 Å². The SMILES string of the molecule is CCN(CC)c1ccc(CNCCc2cscn2)cc1. The van der Waals surface area contributed by atoms with Crippen molar-refractivity contribution in [2.24, 2.45) is 0 Å². The van der Waals surface area contributed by atoms with Crippen molar-refractivity contribution in [1.82, 2.24) is 10.3 Å². The molecule has 4 heteroatoms. The van der Waals surface area contributed by atoms with Gasteiger partial charge in [-0.25, -0.2) is 4.98 Å². The standard InChI is InChI=1S/C16H23N3S/c1-3-19(4-2)16-7-5-14(6-8-16)11-17-10-9-15-12-20-13-18-15/h5-8,12-13,17H,3-4,9-11H2,1-2H3. The van der Waals surface area contributed by atoms with E-state index < -0.39 is 0 Å². The van der Waals surface area contributed by atoms with Gasteiger partial charge in [0.2, 0.25) is 0 Å². The zero-order valence-electron chi connectivity index (χ0n) is 12.3. The molecule has 1 heterocycles. The molecule has 3 nitrogen and oxygen atoms in total. The van der Waals surface area contributed by atoms with Gasteiger partial charge in [-0.3, -0.25) is 0 Å². The van der Waals surface area contributed by atoms with Crippen LogP contribution in [0.15, 0.2) is 35.2 Å². The highest BCUT2D eigenvalue weighted by atomic mass is 32.1. The summed E-state index contributed by atoms with van der Waals surface area (Å²) in [7, 11) is 0. The lowest BCUT2D eigenvalue weighted by Crippen LogP contribution is -2.21. The summed E-state index contributed by atoms with van der Waals surface area (Å²) >= 11 is 1.66. The molecule has 0 bridgehead atoms. The smallest absolute Gasteiger partial charge is 0.0794 e. The number of hydrogen-bond acceptors (Lipinski definition) is 4.